The maximum absolute atomic E-state index is 5.75. The van der Waals surface area contributed by atoms with Crippen molar-refractivity contribution in [2.45, 2.75) is 13.0 Å². The molecule has 0 spiro atoms. The summed E-state index contributed by atoms with van der Waals surface area (Å²) >= 11 is 5.75. The summed E-state index contributed by atoms with van der Waals surface area (Å²) in [5, 5.41) is 0.678. The predicted octanol–water partition coefficient (Wildman–Crippen LogP) is 2.07. The molecule has 0 aromatic heterocycles. The summed E-state index contributed by atoms with van der Waals surface area (Å²) in [6.45, 7) is 2.41. The highest BCUT2D eigenvalue weighted by Gasteiger charge is 1.96. The second-order valence-electron chi connectivity index (χ2n) is 2.75. The van der Waals surface area contributed by atoms with Gasteiger partial charge in [0, 0.05) is 11.1 Å². The molecular formula is C9H12ClNO. The number of nitrogens with two attached hydrogens (primary N) is 1. The molecule has 2 N–H and O–H groups in total. The Morgan fingerprint density at radius 1 is 1.58 bits per heavy atom. The van der Waals surface area contributed by atoms with Crippen LogP contribution in [0.4, 0.5) is 0 Å². The van der Waals surface area contributed by atoms with E-state index in [0.29, 0.717) is 11.6 Å². The van der Waals surface area contributed by atoms with Crippen LogP contribution in [0.1, 0.15) is 6.92 Å². The average molecular weight is 186 g/mol. The molecule has 2 nitrogen and oxygen atoms in total. The van der Waals surface area contributed by atoms with E-state index >= 15 is 0 Å². The van der Waals surface area contributed by atoms with Crippen LogP contribution < -0.4 is 10.5 Å². The van der Waals surface area contributed by atoms with Crippen LogP contribution in [-0.2, 0) is 0 Å². The average Bonchev–Trinajstić information content (AvgIpc) is 2.01. The van der Waals surface area contributed by atoms with Gasteiger partial charge in [0.05, 0.1) is 0 Å². The van der Waals surface area contributed by atoms with Gasteiger partial charge in [0.2, 0.25) is 0 Å². The zero-order valence-corrected chi connectivity index (χ0v) is 7.71. The number of ether oxygens (including phenoxy) is 1. The van der Waals surface area contributed by atoms with Crippen molar-refractivity contribution in [3.8, 4) is 5.75 Å². The molecule has 1 aromatic carbocycles. The molecule has 0 radical (unpaired) electrons. The van der Waals surface area contributed by atoms with E-state index in [1.54, 1.807) is 12.1 Å². The molecule has 0 unspecified atom stereocenters. The third-order valence-corrected chi connectivity index (χ3v) is 1.54. The lowest BCUT2D eigenvalue weighted by atomic mass is 10.3. The fraction of sp³-hybridized carbons (Fsp3) is 0.333. The summed E-state index contributed by atoms with van der Waals surface area (Å²) < 4.78 is 5.34. The summed E-state index contributed by atoms with van der Waals surface area (Å²) in [6, 6.07) is 7.32. The van der Waals surface area contributed by atoms with Crippen LogP contribution in [0.25, 0.3) is 0 Å². The third kappa shape index (κ3) is 3.11. The topological polar surface area (TPSA) is 35.2 Å². The van der Waals surface area contributed by atoms with E-state index in [1.165, 1.54) is 0 Å². The Morgan fingerprint density at radius 3 is 2.92 bits per heavy atom. The van der Waals surface area contributed by atoms with E-state index in [0.717, 1.165) is 5.75 Å². The highest BCUT2D eigenvalue weighted by molar-refractivity contribution is 6.30. The van der Waals surface area contributed by atoms with E-state index in [2.05, 4.69) is 0 Å². The van der Waals surface area contributed by atoms with Gasteiger partial charge in [0.1, 0.15) is 12.4 Å². The molecule has 0 bridgehead atoms. The summed E-state index contributed by atoms with van der Waals surface area (Å²) in [6.07, 6.45) is 0. The molecule has 1 rings (SSSR count). The van der Waals surface area contributed by atoms with Crippen LogP contribution in [0.3, 0.4) is 0 Å². The lowest BCUT2D eigenvalue weighted by Crippen LogP contribution is -2.23. The van der Waals surface area contributed by atoms with Crippen molar-refractivity contribution < 1.29 is 4.74 Å². The van der Waals surface area contributed by atoms with E-state index in [1.807, 2.05) is 19.1 Å². The zero-order chi connectivity index (χ0) is 8.97. The van der Waals surface area contributed by atoms with Crippen molar-refractivity contribution in [2.24, 2.45) is 5.73 Å². The lowest BCUT2D eigenvalue weighted by Gasteiger charge is -2.08. The zero-order valence-electron chi connectivity index (χ0n) is 6.96. The normalized spacial score (nSPS) is 12.6. The predicted molar refractivity (Wildman–Crippen MR) is 50.6 cm³/mol. The van der Waals surface area contributed by atoms with Crippen molar-refractivity contribution in [3.05, 3.63) is 29.3 Å². The Kier molecular flexibility index (Phi) is 3.38. The Labute approximate surface area is 77.3 Å². The van der Waals surface area contributed by atoms with Crippen LogP contribution in [0.15, 0.2) is 24.3 Å². The first kappa shape index (κ1) is 9.36. The van der Waals surface area contributed by atoms with Gasteiger partial charge in [0.15, 0.2) is 0 Å². The first-order valence-electron chi connectivity index (χ1n) is 3.82. The molecule has 0 saturated heterocycles. The molecule has 0 fully saturated rings. The Bertz CT molecular complexity index is 250. The minimum atomic E-state index is 0.0454. The molecule has 0 heterocycles. The van der Waals surface area contributed by atoms with Crippen LogP contribution in [0, 0.1) is 0 Å². The Balaban J connectivity index is 2.52. The van der Waals surface area contributed by atoms with Crippen LogP contribution in [0.2, 0.25) is 5.02 Å². The van der Waals surface area contributed by atoms with Crippen molar-refractivity contribution in [1.29, 1.82) is 0 Å². The molecule has 0 aliphatic heterocycles. The number of benzene rings is 1. The molecule has 3 heteroatoms. The minimum absolute atomic E-state index is 0.0454. The van der Waals surface area contributed by atoms with Gasteiger partial charge < -0.3 is 10.5 Å². The second kappa shape index (κ2) is 4.33. The number of hydrogen-bond acceptors (Lipinski definition) is 2. The van der Waals surface area contributed by atoms with Gasteiger partial charge in [-0.1, -0.05) is 17.7 Å². The highest BCUT2D eigenvalue weighted by Crippen LogP contribution is 2.16. The quantitative estimate of drug-likeness (QED) is 0.783. The smallest absolute Gasteiger partial charge is 0.120 e. The molecule has 1 aromatic rings. The summed E-state index contributed by atoms with van der Waals surface area (Å²) in [7, 11) is 0. The lowest BCUT2D eigenvalue weighted by molar-refractivity contribution is 0.296. The number of halogens is 1. The van der Waals surface area contributed by atoms with Crippen molar-refractivity contribution in [1.82, 2.24) is 0 Å². The second-order valence-corrected chi connectivity index (χ2v) is 3.18. The van der Waals surface area contributed by atoms with Gasteiger partial charge in [0.25, 0.3) is 0 Å². The number of rotatable bonds is 3. The fourth-order valence-electron chi connectivity index (χ4n) is 0.784. The molecule has 0 amide bonds. The molecule has 0 saturated carbocycles. The molecule has 12 heavy (non-hydrogen) atoms. The maximum Gasteiger partial charge on any atom is 0.120 e. The van der Waals surface area contributed by atoms with Gasteiger partial charge in [-0.05, 0) is 25.1 Å². The standard InChI is InChI=1S/C9H12ClNO/c1-7(11)6-12-9-4-2-3-8(10)5-9/h2-5,7H,6,11H2,1H3/t7-/m0/s1. The fourth-order valence-corrected chi connectivity index (χ4v) is 0.965. The van der Waals surface area contributed by atoms with Crippen molar-refractivity contribution in [3.63, 3.8) is 0 Å². The summed E-state index contributed by atoms with van der Waals surface area (Å²) in [5.74, 6) is 0.764. The van der Waals surface area contributed by atoms with Crippen molar-refractivity contribution in [2.75, 3.05) is 6.61 Å². The monoisotopic (exact) mass is 185 g/mol. The molecule has 0 aliphatic carbocycles. The largest absolute Gasteiger partial charge is 0.492 e. The molecule has 0 aliphatic rings. The van der Waals surface area contributed by atoms with Crippen LogP contribution in [-0.4, -0.2) is 12.6 Å². The Hall–Kier alpha value is -0.730. The minimum Gasteiger partial charge on any atom is -0.492 e. The number of hydrogen-bond donors (Lipinski definition) is 1. The van der Waals surface area contributed by atoms with Gasteiger partial charge in [-0.15, -0.1) is 0 Å². The van der Waals surface area contributed by atoms with Gasteiger partial charge in [-0.25, -0.2) is 0 Å². The van der Waals surface area contributed by atoms with Gasteiger partial charge >= 0.3 is 0 Å². The summed E-state index contributed by atoms with van der Waals surface area (Å²) in [4.78, 5) is 0. The van der Waals surface area contributed by atoms with Crippen molar-refractivity contribution >= 4 is 11.6 Å². The summed E-state index contributed by atoms with van der Waals surface area (Å²) in [5.41, 5.74) is 5.52. The Morgan fingerprint density at radius 2 is 2.33 bits per heavy atom. The molecular weight excluding hydrogens is 174 g/mol. The highest BCUT2D eigenvalue weighted by atomic mass is 35.5. The van der Waals surface area contributed by atoms with Crippen LogP contribution in [0.5, 0.6) is 5.75 Å². The molecule has 1 atom stereocenters. The maximum atomic E-state index is 5.75. The van der Waals surface area contributed by atoms with E-state index in [9.17, 15) is 0 Å². The van der Waals surface area contributed by atoms with Gasteiger partial charge in [-0.3, -0.25) is 0 Å². The third-order valence-electron chi connectivity index (χ3n) is 1.31. The van der Waals surface area contributed by atoms with E-state index < -0.39 is 0 Å². The first-order chi connectivity index (χ1) is 5.68. The SMILES string of the molecule is C[C@H](N)COc1cccc(Cl)c1. The van der Waals surface area contributed by atoms with Gasteiger partial charge in [-0.2, -0.15) is 0 Å². The first-order valence-corrected chi connectivity index (χ1v) is 4.20. The molecule has 66 valence electrons. The van der Waals surface area contributed by atoms with Crippen LogP contribution >= 0.6 is 11.6 Å². The van der Waals surface area contributed by atoms with E-state index in [-0.39, 0.29) is 6.04 Å². The van der Waals surface area contributed by atoms with E-state index in [4.69, 9.17) is 22.1 Å².